The van der Waals surface area contributed by atoms with Gasteiger partial charge < -0.3 is 11.1 Å². The quantitative estimate of drug-likeness (QED) is 0.839. The molecule has 3 nitrogen and oxygen atoms in total. The van der Waals surface area contributed by atoms with Crippen LogP contribution in [-0.2, 0) is 0 Å². The summed E-state index contributed by atoms with van der Waals surface area (Å²) in [6, 6.07) is 4.58. The summed E-state index contributed by atoms with van der Waals surface area (Å²) < 4.78 is 0.886. The maximum absolute atomic E-state index is 5.78. The van der Waals surface area contributed by atoms with E-state index in [1.807, 2.05) is 13.0 Å². The predicted octanol–water partition coefficient (Wildman–Crippen LogP) is 2.69. The zero-order valence-electron chi connectivity index (χ0n) is 9.54. The van der Waals surface area contributed by atoms with Gasteiger partial charge in [-0.3, -0.25) is 0 Å². The molecule has 0 amide bonds. The van der Waals surface area contributed by atoms with Crippen molar-refractivity contribution >= 4 is 21.6 Å². The molecule has 2 rings (SSSR count). The lowest BCUT2D eigenvalue weighted by atomic mass is 10.0. The summed E-state index contributed by atoms with van der Waals surface area (Å²) >= 11 is 3.38. The van der Waals surface area contributed by atoms with Crippen LogP contribution in [0.15, 0.2) is 16.7 Å². The van der Waals surface area contributed by atoms with Crippen LogP contribution < -0.4 is 11.1 Å². The molecule has 4 heteroatoms. The predicted molar refractivity (Wildman–Crippen MR) is 70.5 cm³/mol. The molecule has 1 aromatic rings. The topological polar surface area (TPSA) is 50.9 Å². The van der Waals surface area contributed by atoms with Crippen LogP contribution >= 0.6 is 15.9 Å². The van der Waals surface area contributed by atoms with Gasteiger partial charge in [-0.25, -0.2) is 4.98 Å². The number of nitrogens with two attached hydrogens (primary N) is 1. The number of aryl methyl sites for hydroxylation is 1. The van der Waals surface area contributed by atoms with Crippen molar-refractivity contribution in [1.29, 1.82) is 0 Å². The van der Waals surface area contributed by atoms with Gasteiger partial charge in [-0.2, -0.15) is 0 Å². The number of hydrogen-bond donors (Lipinski definition) is 2. The minimum absolute atomic E-state index is 0.520. The van der Waals surface area contributed by atoms with Crippen LogP contribution in [-0.4, -0.2) is 17.6 Å². The number of rotatable bonds is 3. The standard InChI is InChI=1S/C12H18BrN3/c1-8-10(5-6-12(13)15-8)16-11-4-2-3-9(11)7-14/h5-6,9,11,16H,2-4,7,14H2,1H3. The third kappa shape index (κ3) is 2.55. The van der Waals surface area contributed by atoms with E-state index in [2.05, 4.69) is 32.3 Å². The first-order chi connectivity index (χ1) is 7.70. The Morgan fingerprint density at radius 1 is 1.50 bits per heavy atom. The lowest BCUT2D eigenvalue weighted by Crippen LogP contribution is -2.29. The monoisotopic (exact) mass is 283 g/mol. The molecular formula is C12H18BrN3. The van der Waals surface area contributed by atoms with Gasteiger partial charge in [0, 0.05) is 6.04 Å². The summed E-state index contributed by atoms with van der Waals surface area (Å²) in [6.07, 6.45) is 3.75. The molecule has 0 aromatic carbocycles. The smallest absolute Gasteiger partial charge is 0.106 e. The third-order valence-electron chi connectivity index (χ3n) is 3.35. The number of anilines is 1. The van der Waals surface area contributed by atoms with E-state index in [9.17, 15) is 0 Å². The first-order valence-electron chi connectivity index (χ1n) is 5.80. The molecule has 0 radical (unpaired) electrons. The van der Waals surface area contributed by atoms with Gasteiger partial charge in [-0.1, -0.05) is 6.42 Å². The van der Waals surface area contributed by atoms with Crippen molar-refractivity contribution in [3.8, 4) is 0 Å². The molecule has 1 aromatic heterocycles. The summed E-state index contributed by atoms with van der Waals surface area (Å²) in [5, 5.41) is 3.57. The second-order valence-corrected chi connectivity index (χ2v) is 5.26. The number of nitrogens with zero attached hydrogens (tertiary/aromatic N) is 1. The molecule has 88 valence electrons. The molecule has 1 fully saturated rings. The minimum Gasteiger partial charge on any atom is -0.381 e. The Morgan fingerprint density at radius 3 is 3.00 bits per heavy atom. The van der Waals surface area contributed by atoms with Crippen molar-refractivity contribution in [2.75, 3.05) is 11.9 Å². The number of hydrogen-bond acceptors (Lipinski definition) is 3. The maximum atomic E-state index is 5.78. The van der Waals surface area contributed by atoms with E-state index >= 15 is 0 Å². The van der Waals surface area contributed by atoms with Crippen LogP contribution in [0.3, 0.4) is 0 Å². The van der Waals surface area contributed by atoms with Crippen molar-refractivity contribution in [3.63, 3.8) is 0 Å². The Kier molecular flexibility index (Phi) is 3.82. The van der Waals surface area contributed by atoms with Crippen LogP contribution in [0.5, 0.6) is 0 Å². The Labute approximate surface area is 105 Å². The van der Waals surface area contributed by atoms with Crippen molar-refractivity contribution in [3.05, 3.63) is 22.4 Å². The number of nitrogens with one attached hydrogen (secondary N) is 1. The molecule has 1 saturated carbocycles. The Balaban J connectivity index is 2.08. The van der Waals surface area contributed by atoms with Gasteiger partial charge in [0.25, 0.3) is 0 Å². The van der Waals surface area contributed by atoms with Gasteiger partial charge in [-0.15, -0.1) is 0 Å². The average molecular weight is 284 g/mol. The molecule has 1 aliphatic rings. The van der Waals surface area contributed by atoms with Crippen molar-refractivity contribution in [1.82, 2.24) is 4.98 Å². The molecule has 0 spiro atoms. The Hall–Kier alpha value is -0.610. The van der Waals surface area contributed by atoms with E-state index in [1.165, 1.54) is 19.3 Å². The highest BCUT2D eigenvalue weighted by molar-refractivity contribution is 9.10. The summed E-state index contributed by atoms with van der Waals surface area (Å²) in [5.41, 5.74) is 7.95. The van der Waals surface area contributed by atoms with Crippen LogP contribution in [0.1, 0.15) is 25.0 Å². The van der Waals surface area contributed by atoms with Crippen molar-refractivity contribution in [2.24, 2.45) is 11.7 Å². The van der Waals surface area contributed by atoms with Crippen LogP contribution in [0.4, 0.5) is 5.69 Å². The highest BCUT2D eigenvalue weighted by Crippen LogP contribution is 2.28. The largest absolute Gasteiger partial charge is 0.381 e. The fourth-order valence-corrected chi connectivity index (χ4v) is 2.79. The molecule has 16 heavy (non-hydrogen) atoms. The molecule has 0 aliphatic heterocycles. The fourth-order valence-electron chi connectivity index (χ4n) is 2.39. The molecule has 1 aliphatic carbocycles. The molecule has 1 heterocycles. The van der Waals surface area contributed by atoms with E-state index in [4.69, 9.17) is 5.73 Å². The molecule has 0 saturated heterocycles. The van der Waals surface area contributed by atoms with E-state index in [-0.39, 0.29) is 0 Å². The molecule has 0 bridgehead atoms. The van der Waals surface area contributed by atoms with Gasteiger partial charge in [-0.05, 0) is 60.3 Å². The number of pyridine rings is 1. The zero-order valence-corrected chi connectivity index (χ0v) is 11.1. The van der Waals surface area contributed by atoms with E-state index in [0.717, 1.165) is 22.5 Å². The van der Waals surface area contributed by atoms with E-state index < -0.39 is 0 Å². The first kappa shape index (κ1) is 11.9. The Bertz CT molecular complexity index is 367. The van der Waals surface area contributed by atoms with E-state index in [1.54, 1.807) is 0 Å². The van der Waals surface area contributed by atoms with Gasteiger partial charge >= 0.3 is 0 Å². The lowest BCUT2D eigenvalue weighted by molar-refractivity contribution is 0.516. The number of aromatic nitrogens is 1. The summed E-state index contributed by atoms with van der Waals surface area (Å²) in [7, 11) is 0. The molecular weight excluding hydrogens is 266 g/mol. The fraction of sp³-hybridized carbons (Fsp3) is 0.583. The third-order valence-corrected chi connectivity index (χ3v) is 3.80. The van der Waals surface area contributed by atoms with Gasteiger partial charge in [0.15, 0.2) is 0 Å². The summed E-state index contributed by atoms with van der Waals surface area (Å²) in [6.45, 7) is 2.81. The SMILES string of the molecule is Cc1nc(Br)ccc1NC1CCCC1CN. The average Bonchev–Trinajstić information content (AvgIpc) is 2.69. The highest BCUT2D eigenvalue weighted by Gasteiger charge is 2.26. The normalized spacial score (nSPS) is 24.7. The highest BCUT2D eigenvalue weighted by atomic mass is 79.9. The zero-order chi connectivity index (χ0) is 11.5. The van der Waals surface area contributed by atoms with Gasteiger partial charge in [0.1, 0.15) is 4.60 Å². The minimum atomic E-state index is 0.520. The van der Waals surface area contributed by atoms with Crippen molar-refractivity contribution < 1.29 is 0 Å². The van der Waals surface area contributed by atoms with Gasteiger partial charge in [0.05, 0.1) is 11.4 Å². The lowest BCUT2D eigenvalue weighted by Gasteiger charge is -2.21. The second kappa shape index (κ2) is 5.15. The van der Waals surface area contributed by atoms with Gasteiger partial charge in [0.2, 0.25) is 0 Å². The first-order valence-corrected chi connectivity index (χ1v) is 6.59. The Morgan fingerprint density at radius 2 is 2.31 bits per heavy atom. The molecule has 2 unspecified atom stereocenters. The second-order valence-electron chi connectivity index (χ2n) is 4.44. The maximum Gasteiger partial charge on any atom is 0.106 e. The summed E-state index contributed by atoms with van der Waals surface area (Å²) in [4.78, 5) is 4.39. The molecule has 2 atom stereocenters. The van der Waals surface area contributed by atoms with Crippen LogP contribution in [0.25, 0.3) is 0 Å². The van der Waals surface area contributed by atoms with Crippen LogP contribution in [0, 0.1) is 12.8 Å². The summed E-state index contributed by atoms with van der Waals surface area (Å²) in [5.74, 6) is 0.614. The molecule has 3 N–H and O–H groups in total. The number of halogens is 1. The van der Waals surface area contributed by atoms with Crippen molar-refractivity contribution in [2.45, 2.75) is 32.2 Å². The van der Waals surface area contributed by atoms with E-state index in [0.29, 0.717) is 12.0 Å². The van der Waals surface area contributed by atoms with Crippen LogP contribution in [0.2, 0.25) is 0 Å².